The summed E-state index contributed by atoms with van der Waals surface area (Å²) >= 11 is 0. The SMILES string of the molecule is CCCCCCCCCNCC=C(C)C. The maximum absolute atomic E-state index is 3.44. The van der Waals surface area contributed by atoms with Crippen LogP contribution in [0.15, 0.2) is 11.6 Å². The van der Waals surface area contributed by atoms with Crippen LogP contribution in [-0.4, -0.2) is 13.1 Å². The first kappa shape index (κ1) is 14.7. The first-order chi connectivity index (χ1) is 7.27. The lowest BCUT2D eigenvalue weighted by atomic mass is 10.1. The molecule has 0 aromatic rings. The van der Waals surface area contributed by atoms with Gasteiger partial charge in [-0.3, -0.25) is 0 Å². The minimum atomic E-state index is 1.04. The van der Waals surface area contributed by atoms with Crippen molar-refractivity contribution < 1.29 is 0 Å². The maximum atomic E-state index is 3.44. The molecule has 0 aliphatic heterocycles. The largest absolute Gasteiger partial charge is 0.313 e. The van der Waals surface area contributed by atoms with Crippen molar-refractivity contribution in [1.29, 1.82) is 0 Å². The monoisotopic (exact) mass is 211 g/mol. The van der Waals surface area contributed by atoms with Crippen molar-refractivity contribution in [3.8, 4) is 0 Å². The molecule has 0 aromatic heterocycles. The van der Waals surface area contributed by atoms with Crippen LogP contribution in [0.2, 0.25) is 0 Å². The molecule has 0 amide bonds. The second-order valence-corrected chi connectivity index (χ2v) is 4.61. The fourth-order valence-corrected chi connectivity index (χ4v) is 1.59. The van der Waals surface area contributed by atoms with Crippen molar-refractivity contribution in [3.63, 3.8) is 0 Å². The third-order valence-corrected chi connectivity index (χ3v) is 2.61. The zero-order valence-electron chi connectivity index (χ0n) is 10.9. The van der Waals surface area contributed by atoms with E-state index in [2.05, 4.69) is 32.2 Å². The average Bonchev–Trinajstić information content (AvgIpc) is 2.20. The third-order valence-electron chi connectivity index (χ3n) is 2.61. The second kappa shape index (κ2) is 11.8. The van der Waals surface area contributed by atoms with Gasteiger partial charge in [-0.05, 0) is 26.8 Å². The molecule has 0 bridgehead atoms. The quantitative estimate of drug-likeness (QED) is 0.420. The molecule has 0 aliphatic rings. The standard InChI is InChI=1S/C14H29N/c1-4-5-6-7-8-9-10-12-15-13-11-14(2)3/h11,15H,4-10,12-13H2,1-3H3. The Hall–Kier alpha value is -0.300. The number of hydrogen-bond acceptors (Lipinski definition) is 1. The van der Waals surface area contributed by atoms with Crippen LogP contribution in [0.3, 0.4) is 0 Å². The first-order valence-corrected chi connectivity index (χ1v) is 6.61. The van der Waals surface area contributed by atoms with Crippen LogP contribution in [0, 0.1) is 0 Å². The van der Waals surface area contributed by atoms with Gasteiger partial charge in [-0.1, -0.05) is 57.1 Å². The molecular formula is C14H29N. The molecule has 0 fully saturated rings. The normalized spacial score (nSPS) is 10.3. The van der Waals surface area contributed by atoms with E-state index >= 15 is 0 Å². The number of allylic oxidation sites excluding steroid dienone is 1. The smallest absolute Gasteiger partial charge is 0.0137 e. The summed E-state index contributed by atoms with van der Waals surface area (Å²) in [5.74, 6) is 0. The lowest BCUT2D eigenvalue weighted by Gasteiger charge is -2.02. The van der Waals surface area contributed by atoms with Gasteiger partial charge in [0.05, 0.1) is 0 Å². The Morgan fingerprint density at radius 3 is 2.13 bits per heavy atom. The Morgan fingerprint density at radius 2 is 1.53 bits per heavy atom. The van der Waals surface area contributed by atoms with Crippen LogP contribution in [0.5, 0.6) is 0 Å². The van der Waals surface area contributed by atoms with Crippen LogP contribution < -0.4 is 5.32 Å². The van der Waals surface area contributed by atoms with Crippen LogP contribution in [0.1, 0.15) is 65.7 Å². The molecule has 15 heavy (non-hydrogen) atoms. The average molecular weight is 211 g/mol. The molecule has 0 aromatic carbocycles. The van der Waals surface area contributed by atoms with Crippen LogP contribution in [0.25, 0.3) is 0 Å². The molecule has 90 valence electrons. The molecule has 0 saturated carbocycles. The van der Waals surface area contributed by atoms with E-state index in [1.807, 2.05) is 0 Å². The van der Waals surface area contributed by atoms with Gasteiger partial charge in [-0.25, -0.2) is 0 Å². The molecule has 0 saturated heterocycles. The Morgan fingerprint density at radius 1 is 0.933 bits per heavy atom. The van der Waals surface area contributed by atoms with Gasteiger partial charge in [0.25, 0.3) is 0 Å². The summed E-state index contributed by atoms with van der Waals surface area (Å²) in [6.45, 7) is 8.79. The van der Waals surface area contributed by atoms with Gasteiger partial charge in [-0.15, -0.1) is 0 Å². The van der Waals surface area contributed by atoms with Gasteiger partial charge in [0, 0.05) is 6.54 Å². The van der Waals surface area contributed by atoms with E-state index in [9.17, 15) is 0 Å². The summed E-state index contributed by atoms with van der Waals surface area (Å²) < 4.78 is 0. The molecule has 0 spiro atoms. The van der Waals surface area contributed by atoms with E-state index in [0.29, 0.717) is 0 Å². The lowest BCUT2D eigenvalue weighted by molar-refractivity contribution is 0.572. The highest BCUT2D eigenvalue weighted by atomic mass is 14.8. The van der Waals surface area contributed by atoms with Crippen molar-refractivity contribution in [3.05, 3.63) is 11.6 Å². The summed E-state index contributed by atoms with van der Waals surface area (Å²) in [5, 5.41) is 3.44. The molecule has 0 heterocycles. The summed E-state index contributed by atoms with van der Waals surface area (Å²) in [6, 6.07) is 0. The zero-order valence-corrected chi connectivity index (χ0v) is 10.9. The summed E-state index contributed by atoms with van der Waals surface area (Å²) in [6.07, 6.45) is 12.0. The van der Waals surface area contributed by atoms with E-state index < -0.39 is 0 Å². The fourth-order valence-electron chi connectivity index (χ4n) is 1.59. The highest BCUT2D eigenvalue weighted by Crippen LogP contribution is 2.06. The summed E-state index contributed by atoms with van der Waals surface area (Å²) in [5.41, 5.74) is 1.40. The summed E-state index contributed by atoms with van der Waals surface area (Å²) in [7, 11) is 0. The number of unbranched alkanes of at least 4 members (excludes halogenated alkanes) is 6. The Bertz CT molecular complexity index is 145. The van der Waals surface area contributed by atoms with E-state index in [-0.39, 0.29) is 0 Å². The van der Waals surface area contributed by atoms with Gasteiger partial charge in [0.15, 0.2) is 0 Å². The molecule has 0 atom stereocenters. The Balaban J connectivity index is 2.96. The van der Waals surface area contributed by atoms with E-state index in [1.54, 1.807) is 0 Å². The van der Waals surface area contributed by atoms with Crippen molar-refractivity contribution in [2.45, 2.75) is 65.7 Å². The highest BCUT2D eigenvalue weighted by molar-refractivity contribution is 4.94. The van der Waals surface area contributed by atoms with Crippen molar-refractivity contribution in [1.82, 2.24) is 5.32 Å². The van der Waals surface area contributed by atoms with Crippen LogP contribution in [0.4, 0.5) is 0 Å². The molecule has 1 nitrogen and oxygen atoms in total. The van der Waals surface area contributed by atoms with Crippen LogP contribution in [-0.2, 0) is 0 Å². The molecule has 0 radical (unpaired) electrons. The number of hydrogen-bond donors (Lipinski definition) is 1. The van der Waals surface area contributed by atoms with E-state index in [4.69, 9.17) is 0 Å². The van der Waals surface area contributed by atoms with Crippen molar-refractivity contribution in [2.75, 3.05) is 13.1 Å². The Kier molecular flexibility index (Phi) is 11.5. The number of rotatable bonds is 10. The molecule has 0 aliphatic carbocycles. The topological polar surface area (TPSA) is 12.0 Å². The molecule has 1 heteroatoms. The molecule has 1 N–H and O–H groups in total. The second-order valence-electron chi connectivity index (χ2n) is 4.61. The van der Waals surface area contributed by atoms with Gasteiger partial charge >= 0.3 is 0 Å². The highest BCUT2D eigenvalue weighted by Gasteiger charge is 1.90. The lowest BCUT2D eigenvalue weighted by Crippen LogP contribution is -2.15. The fraction of sp³-hybridized carbons (Fsp3) is 0.857. The summed E-state index contributed by atoms with van der Waals surface area (Å²) in [4.78, 5) is 0. The molecule has 0 unspecified atom stereocenters. The van der Waals surface area contributed by atoms with Crippen molar-refractivity contribution >= 4 is 0 Å². The predicted molar refractivity (Wildman–Crippen MR) is 70.3 cm³/mol. The predicted octanol–water partition coefficient (Wildman–Crippen LogP) is 4.29. The van der Waals surface area contributed by atoms with Gasteiger partial charge in [0.2, 0.25) is 0 Å². The number of nitrogens with one attached hydrogen (secondary N) is 1. The van der Waals surface area contributed by atoms with Gasteiger partial charge in [-0.2, -0.15) is 0 Å². The molecular weight excluding hydrogens is 182 g/mol. The Labute approximate surface area is 96.3 Å². The maximum Gasteiger partial charge on any atom is 0.0137 e. The first-order valence-electron chi connectivity index (χ1n) is 6.61. The van der Waals surface area contributed by atoms with Crippen molar-refractivity contribution in [2.24, 2.45) is 0 Å². The minimum absolute atomic E-state index is 1.04. The van der Waals surface area contributed by atoms with Gasteiger partial charge in [0.1, 0.15) is 0 Å². The van der Waals surface area contributed by atoms with Gasteiger partial charge < -0.3 is 5.32 Å². The van der Waals surface area contributed by atoms with E-state index in [0.717, 1.165) is 6.54 Å². The van der Waals surface area contributed by atoms with E-state index in [1.165, 1.54) is 57.1 Å². The molecule has 0 rings (SSSR count). The zero-order chi connectivity index (χ0) is 11.4. The van der Waals surface area contributed by atoms with Crippen LogP contribution >= 0.6 is 0 Å². The third kappa shape index (κ3) is 13.7. The minimum Gasteiger partial charge on any atom is -0.313 e.